The standard InChI is InChI=1S/C11H14N4O4/c12-4-9(16)15-6-10(17)14-5-8-3-7(11(18)19)1-2-13-8/h1-3H,4-6,12H2,(H,14,17)(H,15,16)(H,18,19). The van der Waals surface area contributed by atoms with Crippen LogP contribution in [0.15, 0.2) is 18.3 Å². The van der Waals surface area contributed by atoms with E-state index in [9.17, 15) is 14.4 Å². The van der Waals surface area contributed by atoms with Gasteiger partial charge in [-0.25, -0.2) is 4.79 Å². The number of aromatic nitrogens is 1. The van der Waals surface area contributed by atoms with E-state index in [-0.39, 0.29) is 25.2 Å². The maximum Gasteiger partial charge on any atom is 0.335 e. The topological polar surface area (TPSA) is 134 Å². The zero-order chi connectivity index (χ0) is 14.3. The Balaban J connectivity index is 2.44. The monoisotopic (exact) mass is 266 g/mol. The lowest BCUT2D eigenvalue weighted by atomic mass is 10.2. The number of aromatic carboxylic acids is 1. The maximum atomic E-state index is 11.3. The molecule has 0 spiro atoms. The molecule has 0 saturated heterocycles. The highest BCUT2D eigenvalue weighted by molar-refractivity contribution is 5.87. The lowest BCUT2D eigenvalue weighted by Gasteiger charge is -2.06. The van der Waals surface area contributed by atoms with Crippen molar-refractivity contribution in [1.29, 1.82) is 0 Å². The molecule has 0 bridgehead atoms. The van der Waals surface area contributed by atoms with Crippen LogP contribution in [0.2, 0.25) is 0 Å². The number of hydrogen-bond acceptors (Lipinski definition) is 5. The molecule has 1 aromatic rings. The molecule has 0 radical (unpaired) electrons. The Morgan fingerprint density at radius 2 is 2.00 bits per heavy atom. The van der Waals surface area contributed by atoms with Crippen molar-refractivity contribution in [3.8, 4) is 0 Å². The van der Waals surface area contributed by atoms with Gasteiger partial charge in [0.2, 0.25) is 11.8 Å². The van der Waals surface area contributed by atoms with Gasteiger partial charge in [-0.15, -0.1) is 0 Å². The first-order chi connectivity index (χ1) is 9.02. The van der Waals surface area contributed by atoms with Gasteiger partial charge in [0.15, 0.2) is 0 Å². The number of carbonyl (C=O) groups is 3. The number of nitrogens with two attached hydrogens (primary N) is 1. The number of pyridine rings is 1. The summed E-state index contributed by atoms with van der Waals surface area (Å²) < 4.78 is 0. The quantitative estimate of drug-likeness (QED) is 0.493. The van der Waals surface area contributed by atoms with Crippen LogP contribution in [0, 0.1) is 0 Å². The van der Waals surface area contributed by atoms with Crippen molar-refractivity contribution >= 4 is 17.8 Å². The highest BCUT2D eigenvalue weighted by atomic mass is 16.4. The summed E-state index contributed by atoms with van der Waals surface area (Å²) in [6.07, 6.45) is 1.35. The van der Waals surface area contributed by atoms with Crippen LogP contribution < -0.4 is 16.4 Å². The second-order valence-corrected chi connectivity index (χ2v) is 3.60. The summed E-state index contributed by atoms with van der Waals surface area (Å²) in [5.41, 5.74) is 5.57. The number of nitrogens with one attached hydrogen (secondary N) is 2. The van der Waals surface area contributed by atoms with Crippen molar-refractivity contribution in [2.24, 2.45) is 5.73 Å². The molecule has 0 aliphatic rings. The Morgan fingerprint density at radius 1 is 1.26 bits per heavy atom. The van der Waals surface area contributed by atoms with Crippen LogP contribution >= 0.6 is 0 Å². The fraction of sp³-hybridized carbons (Fsp3) is 0.273. The minimum Gasteiger partial charge on any atom is -0.478 e. The van der Waals surface area contributed by atoms with Gasteiger partial charge in [0.25, 0.3) is 0 Å². The van der Waals surface area contributed by atoms with Crippen molar-refractivity contribution in [2.75, 3.05) is 13.1 Å². The summed E-state index contributed by atoms with van der Waals surface area (Å²) in [5.74, 6) is -1.91. The van der Waals surface area contributed by atoms with Crippen LogP contribution in [0.1, 0.15) is 16.1 Å². The molecule has 102 valence electrons. The maximum absolute atomic E-state index is 11.3. The number of carboxylic acids is 1. The lowest BCUT2D eigenvalue weighted by molar-refractivity contribution is -0.125. The summed E-state index contributed by atoms with van der Waals surface area (Å²) >= 11 is 0. The molecule has 0 saturated carbocycles. The Morgan fingerprint density at radius 3 is 2.63 bits per heavy atom. The molecular weight excluding hydrogens is 252 g/mol. The highest BCUT2D eigenvalue weighted by Crippen LogP contribution is 2.01. The minimum absolute atomic E-state index is 0.0818. The second kappa shape index (κ2) is 7.07. The molecule has 2 amide bonds. The number of amides is 2. The second-order valence-electron chi connectivity index (χ2n) is 3.60. The van der Waals surface area contributed by atoms with Crippen LogP contribution in [0.5, 0.6) is 0 Å². The molecule has 8 nitrogen and oxygen atoms in total. The van der Waals surface area contributed by atoms with Gasteiger partial charge in [0.1, 0.15) is 0 Å². The number of carboxylic acid groups (broad SMARTS) is 1. The van der Waals surface area contributed by atoms with Gasteiger partial charge >= 0.3 is 5.97 Å². The van der Waals surface area contributed by atoms with E-state index in [1.807, 2.05) is 0 Å². The van der Waals surface area contributed by atoms with Crippen molar-refractivity contribution in [3.63, 3.8) is 0 Å². The van der Waals surface area contributed by atoms with E-state index in [0.29, 0.717) is 5.69 Å². The van der Waals surface area contributed by atoms with E-state index in [0.717, 1.165) is 0 Å². The van der Waals surface area contributed by atoms with Crippen LogP contribution in [0.4, 0.5) is 0 Å². The van der Waals surface area contributed by atoms with Crippen molar-refractivity contribution < 1.29 is 19.5 Å². The van der Waals surface area contributed by atoms with Gasteiger partial charge < -0.3 is 21.5 Å². The fourth-order valence-corrected chi connectivity index (χ4v) is 1.21. The predicted octanol–water partition coefficient (Wildman–Crippen LogP) is -1.53. The first-order valence-corrected chi connectivity index (χ1v) is 5.44. The molecule has 1 rings (SSSR count). The third-order valence-electron chi connectivity index (χ3n) is 2.16. The molecule has 5 N–H and O–H groups in total. The van der Waals surface area contributed by atoms with E-state index in [2.05, 4.69) is 15.6 Å². The van der Waals surface area contributed by atoms with Crippen LogP contribution in [-0.4, -0.2) is 41.0 Å². The third-order valence-corrected chi connectivity index (χ3v) is 2.16. The molecule has 8 heteroatoms. The van der Waals surface area contributed by atoms with Crippen LogP contribution in [0.25, 0.3) is 0 Å². The summed E-state index contributed by atoms with van der Waals surface area (Å²) in [5, 5.41) is 13.6. The summed E-state index contributed by atoms with van der Waals surface area (Å²) in [4.78, 5) is 36.8. The normalized spacial score (nSPS) is 9.74. The van der Waals surface area contributed by atoms with Crippen molar-refractivity contribution in [3.05, 3.63) is 29.6 Å². The van der Waals surface area contributed by atoms with Crippen LogP contribution in [-0.2, 0) is 16.1 Å². The van der Waals surface area contributed by atoms with Gasteiger partial charge in [0.05, 0.1) is 30.9 Å². The van der Waals surface area contributed by atoms with Gasteiger partial charge in [-0.2, -0.15) is 0 Å². The molecule has 0 unspecified atom stereocenters. The van der Waals surface area contributed by atoms with Crippen molar-refractivity contribution in [2.45, 2.75) is 6.54 Å². The van der Waals surface area contributed by atoms with E-state index in [1.54, 1.807) is 0 Å². The summed E-state index contributed by atoms with van der Waals surface area (Å²) in [7, 11) is 0. The van der Waals surface area contributed by atoms with Gasteiger partial charge in [0, 0.05) is 6.20 Å². The zero-order valence-electron chi connectivity index (χ0n) is 10.0. The van der Waals surface area contributed by atoms with E-state index in [4.69, 9.17) is 10.8 Å². The number of carbonyl (C=O) groups excluding carboxylic acids is 2. The van der Waals surface area contributed by atoms with Gasteiger partial charge in [-0.1, -0.05) is 0 Å². The van der Waals surface area contributed by atoms with Gasteiger partial charge in [-0.05, 0) is 12.1 Å². The largest absolute Gasteiger partial charge is 0.478 e. The minimum atomic E-state index is -1.06. The molecule has 0 aliphatic heterocycles. The van der Waals surface area contributed by atoms with E-state index >= 15 is 0 Å². The summed E-state index contributed by atoms with van der Waals surface area (Å²) in [6, 6.07) is 2.72. The first-order valence-electron chi connectivity index (χ1n) is 5.44. The molecule has 0 atom stereocenters. The Bertz CT molecular complexity index is 489. The fourth-order valence-electron chi connectivity index (χ4n) is 1.21. The highest BCUT2D eigenvalue weighted by Gasteiger charge is 2.06. The van der Waals surface area contributed by atoms with Gasteiger partial charge in [-0.3, -0.25) is 14.6 Å². The average Bonchev–Trinajstić information content (AvgIpc) is 2.42. The smallest absolute Gasteiger partial charge is 0.335 e. The molecule has 0 aliphatic carbocycles. The van der Waals surface area contributed by atoms with E-state index in [1.165, 1.54) is 18.3 Å². The number of hydrogen-bond donors (Lipinski definition) is 4. The first kappa shape index (κ1) is 14.6. The Hall–Kier alpha value is -2.48. The van der Waals surface area contributed by atoms with Crippen LogP contribution in [0.3, 0.4) is 0 Å². The molecule has 1 aromatic heterocycles. The molecule has 0 fully saturated rings. The Labute approximate surface area is 109 Å². The molecule has 19 heavy (non-hydrogen) atoms. The average molecular weight is 266 g/mol. The molecule has 1 heterocycles. The van der Waals surface area contributed by atoms with Crippen molar-refractivity contribution in [1.82, 2.24) is 15.6 Å². The number of rotatable bonds is 6. The Kier molecular flexibility index (Phi) is 5.42. The lowest BCUT2D eigenvalue weighted by Crippen LogP contribution is -2.39. The SMILES string of the molecule is NCC(=O)NCC(=O)NCc1cc(C(=O)O)ccn1. The molecule has 0 aromatic carbocycles. The summed E-state index contributed by atoms with van der Waals surface area (Å²) in [6.45, 7) is -0.289. The zero-order valence-corrected chi connectivity index (χ0v) is 10.0. The predicted molar refractivity (Wildman–Crippen MR) is 65.1 cm³/mol. The number of nitrogens with zero attached hydrogens (tertiary/aromatic N) is 1. The molecular formula is C11H14N4O4. The third kappa shape index (κ3) is 5.13. The van der Waals surface area contributed by atoms with E-state index < -0.39 is 17.8 Å².